The van der Waals surface area contributed by atoms with E-state index in [2.05, 4.69) is 27.4 Å². The van der Waals surface area contributed by atoms with Crippen molar-refractivity contribution in [3.63, 3.8) is 0 Å². The van der Waals surface area contributed by atoms with E-state index in [0.29, 0.717) is 18.1 Å². The zero-order valence-electron chi connectivity index (χ0n) is 15.1. The Labute approximate surface area is 153 Å². The average molecular weight is 355 g/mol. The van der Waals surface area contributed by atoms with Gasteiger partial charge in [0.25, 0.3) is 0 Å². The van der Waals surface area contributed by atoms with E-state index in [0.717, 1.165) is 44.6 Å². The Morgan fingerprint density at radius 1 is 1.27 bits per heavy atom. The van der Waals surface area contributed by atoms with Crippen molar-refractivity contribution >= 4 is 5.91 Å². The molecule has 2 atom stereocenters. The van der Waals surface area contributed by atoms with Crippen LogP contribution in [0.15, 0.2) is 34.9 Å². The van der Waals surface area contributed by atoms with Crippen LogP contribution in [0, 0.1) is 0 Å². The summed E-state index contributed by atoms with van der Waals surface area (Å²) < 4.78 is 5.57. The summed E-state index contributed by atoms with van der Waals surface area (Å²) in [4.78, 5) is 21.6. The first kappa shape index (κ1) is 17.2. The molecule has 0 radical (unpaired) electrons. The van der Waals surface area contributed by atoms with E-state index in [1.54, 1.807) is 0 Å². The summed E-state index contributed by atoms with van der Waals surface area (Å²) in [6.07, 6.45) is 2.25. The lowest BCUT2D eigenvalue weighted by Gasteiger charge is -2.30. The highest BCUT2D eigenvalue weighted by Crippen LogP contribution is 2.32. The Balaban J connectivity index is 1.47. The van der Waals surface area contributed by atoms with Gasteiger partial charge in [0, 0.05) is 26.2 Å². The maximum Gasteiger partial charge on any atom is 0.249 e. The quantitative estimate of drug-likeness (QED) is 0.897. The van der Waals surface area contributed by atoms with Crippen molar-refractivity contribution in [2.45, 2.75) is 31.3 Å². The van der Waals surface area contributed by atoms with E-state index in [1.165, 1.54) is 0 Å². The summed E-state index contributed by atoms with van der Waals surface area (Å²) in [5.41, 5.74) is 1.03. The molecule has 2 aliphatic rings. The molecule has 1 N–H and O–H groups in total. The fraction of sp³-hybridized carbons (Fsp3) is 0.526. The Morgan fingerprint density at radius 3 is 2.92 bits per heavy atom. The summed E-state index contributed by atoms with van der Waals surface area (Å²) in [5, 5.41) is 7.58. The average Bonchev–Trinajstić information content (AvgIpc) is 3.32. The van der Waals surface area contributed by atoms with E-state index >= 15 is 0 Å². The third-order valence-corrected chi connectivity index (χ3v) is 5.32. The van der Waals surface area contributed by atoms with Gasteiger partial charge < -0.3 is 14.7 Å². The number of hydrogen-bond acceptors (Lipinski definition) is 6. The lowest BCUT2D eigenvalue weighted by molar-refractivity contribution is -0.131. The summed E-state index contributed by atoms with van der Waals surface area (Å²) in [5.74, 6) is 1.39. The van der Waals surface area contributed by atoms with Crippen molar-refractivity contribution in [3.8, 4) is 0 Å². The molecule has 4 rings (SSSR count). The number of hydrogen-bond donors (Lipinski definition) is 1. The zero-order valence-corrected chi connectivity index (χ0v) is 15.1. The molecule has 2 aromatic rings. The number of amides is 1. The van der Waals surface area contributed by atoms with E-state index < -0.39 is 0 Å². The van der Waals surface area contributed by atoms with Crippen LogP contribution in [0.25, 0.3) is 0 Å². The van der Waals surface area contributed by atoms with Gasteiger partial charge in [0.05, 0.1) is 12.5 Å². The molecular weight excluding hydrogens is 330 g/mol. The Morgan fingerprint density at radius 2 is 2.12 bits per heavy atom. The van der Waals surface area contributed by atoms with Gasteiger partial charge in [-0.2, -0.15) is 4.98 Å². The Bertz CT molecular complexity index is 747. The number of carbonyl (C=O) groups excluding carboxylic acids is 1. The van der Waals surface area contributed by atoms with Crippen LogP contribution in [0.3, 0.4) is 0 Å². The van der Waals surface area contributed by atoms with Crippen LogP contribution < -0.4 is 5.32 Å². The fourth-order valence-electron chi connectivity index (χ4n) is 3.81. The van der Waals surface area contributed by atoms with Crippen LogP contribution in [-0.2, 0) is 11.2 Å². The summed E-state index contributed by atoms with van der Waals surface area (Å²) in [6, 6.07) is 9.88. The smallest absolute Gasteiger partial charge is 0.249 e. The first-order valence-corrected chi connectivity index (χ1v) is 9.30. The topological polar surface area (TPSA) is 74.5 Å². The number of aromatic nitrogens is 2. The molecule has 138 valence electrons. The van der Waals surface area contributed by atoms with Crippen LogP contribution in [-0.4, -0.2) is 59.1 Å². The molecule has 1 aromatic carbocycles. The molecule has 26 heavy (non-hydrogen) atoms. The predicted octanol–water partition coefficient (Wildman–Crippen LogP) is 1.55. The van der Waals surface area contributed by atoms with Crippen molar-refractivity contribution in [1.29, 1.82) is 0 Å². The molecular formula is C19H25N5O2. The number of nitrogens with zero attached hydrogens (tertiary/aromatic N) is 4. The molecule has 0 aliphatic carbocycles. The van der Waals surface area contributed by atoms with Crippen molar-refractivity contribution in [3.05, 3.63) is 47.6 Å². The van der Waals surface area contributed by atoms with Gasteiger partial charge in [0.15, 0.2) is 5.82 Å². The molecule has 7 heteroatoms. The zero-order chi connectivity index (χ0) is 17.9. The molecule has 3 heterocycles. The van der Waals surface area contributed by atoms with Crippen molar-refractivity contribution in [2.24, 2.45) is 0 Å². The largest absolute Gasteiger partial charge is 0.337 e. The van der Waals surface area contributed by atoms with Crippen LogP contribution >= 0.6 is 0 Å². The van der Waals surface area contributed by atoms with Crippen molar-refractivity contribution in [2.75, 3.05) is 33.2 Å². The molecule has 2 saturated heterocycles. The first-order valence-electron chi connectivity index (χ1n) is 9.30. The third kappa shape index (κ3) is 3.50. The summed E-state index contributed by atoms with van der Waals surface area (Å²) in [6.45, 7) is 3.50. The van der Waals surface area contributed by atoms with Gasteiger partial charge >= 0.3 is 0 Å². The van der Waals surface area contributed by atoms with E-state index in [4.69, 9.17) is 4.52 Å². The minimum absolute atomic E-state index is 0.102. The molecule has 0 bridgehead atoms. The number of nitrogens with one attached hydrogen (secondary N) is 1. The molecule has 1 aromatic heterocycles. The van der Waals surface area contributed by atoms with Gasteiger partial charge in [-0.3, -0.25) is 9.69 Å². The molecule has 2 unspecified atom stereocenters. The summed E-state index contributed by atoms with van der Waals surface area (Å²) >= 11 is 0. The molecule has 2 fully saturated rings. The number of rotatable bonds is 4. The van der Waals surface area contributed by atoms with Gasteiger partial charge in [0.2, 0.25) is 11.8 Å². The fourth-order valence-corrected chi connectivity index (χ4v) is 3.81. The monoisotopic (exact) mass is 355 g/mol. The minimum Gasteiger partial charge on any atom is -0.337 e. The molecule has 1 amide bonds. The van der Waals surface area contributed by atoms with Crippen LogP contribution in [0.2, 0.25) is 0 Å². The number of likely N-dealkylation sites (tertiary alicyclic amines) is 1. The number of likely N-dealkylation sites (N-methyl/N-ethyl adjacent to an activating group) is 1. The number of benzene rings is 1. The number of carbonyl (C=O) groups is 1. The molecule has 7 nitrogen and oxygen atoms in total. The normalized spacial score (nSPS) is 24.1. The molecule has 2 aliphatic heterocycles. The van der Waals surface area contributed by atoms with Gasteiger partial charge in [-0.15, -0.1) is 0 Å². The van der Waals surface area contributed by atoms with Gasteiger partial charge in [-0.25, -0.2) is 0 Å². The van der Waals surface area contributed by atoms with Gasteiger partial charge in [0.1, 0.15) is 6.04 Å². The lowest BCUT2D eigenvalue weighted by Crippen LogP contribution is -2.44. The molecule has 0 saturated carbocycles. The summed E-state index contributed by atoms with van der Waals surface area (Å²) in [7, 11) is 2.08. The van der Waals surface area contributed by atoms with E-state index in [-0.39, 0.29) is 18.0 Å². The maximum absolute atomic E-state index is 12.8. The highest BCUT2D eigenvalue weighted by atomic mass is 16.5. The Hall–Kier alpha value is -2.25. The van der Waals surface area contributed by atoms with Crippen molar-refractivity contribution < 1.29 is 9.32 Å². The molecule has 0 spiro atoms. The maximum atomic E-state index is 12.8. The van der Waals surface area contributed by atoms with Gasteiger partial charge in [-0.1, -0.05) is 35.5 Å². The predicted molar refractivity (Wildman–Crippen MR) is 96.4 cm³/mol. The van der Waals surface area contributed by atoms with Crippen molar-refractivity contribution in [1.82, 2.24) is 25.3 Å². The van der Waals surface area contributed by atoms with E-state index in [1.807, 2.05) is 35.2 Å². The Kier molecular flexibility index (Phi) is 4.99. The van der Waals surface area contributed by atoms with Gasteiger partial charge in [-0.05, 0) is 25.5 Å². The third-order valence-electron chi connectivity index (χ3n) is 5.32. The van der Waals surface area contributed by atoms with E-state index in [9.17, 15) is 4.79 Å². The number of piperazine rings is 1. The van der Waals surface area contributed by atoms with Crippen LogP contribution in [0.5, 0.6) is 0 Å². The first-order chi connectivity index (χ1) is 12.7. The second kappa shape index (κ2) is 7.55. The SMILES string of the molecule is CN1CCNCC1c1noc(C2CCCN2C(=O)Cc2ccccc2)n1. The standard InChI is InChI=1S/C19H25N5O2/c1-23-11-9-20-13-16(23)18-21-19(26-22-18)15-8-5-10-24(15)17(25)12-14-6-3-2-4-7-14/h2-4,6-7,15-16,20H,5,8-13H2,1H3. The van der Waals surface area contributed by atoms with Crippen LogP contribution in [0.1, 0.15) is 42.2 Å². The second-order valence-electron chi connectivity index (χ2n) is 7.10. The minimum atomic E-state index is -0.102. The van der Waals surface area contributed by atoms with Crippen LogP contribution in [0.4, 0.5) is 0 Å². The lowest BCUT2D eigenvalue weighted by atomic mass is 10.1. The highest BCUT2D eigenvalue weighted by Gasteiger charge is 2.35. The second-order valence-corrected chi connectivity index (χ2v) is 7.10. The highest BCUT2D eigenvalue weighted by molar-refractivity contribution is 5.79.